The monoisotopic (exact) mass is 278 g/mol. The van der Waals surface area contributed by atoms with Crippen LogP contribution in [0.25, 0.3) is 0 Å². The predicted molar refractivity (Wildman–Crippen MR) is 63.3 cm³/mol. The van der Waals surface area contributed by atoms with E-state index in [0.29, 0.717) is 11.1 Å². The molecule has 0 bridgehead atoms. The first kappa shape index (κ1) is 14.7. The molecule has 0 unspecified atom stereocenters. The second-order valence-corrected chi connectivity index (χ2v) is 3.79. The van der Waals surface area contributed by atoms with Gasteiger partial charge >= 0.3 is 12.6 Å². The molecule has 18 heavy (non-hydrogen) atoms. The van der Waals surface area contributed by atoms with Gasteiger partial charge in [0.25, 0.3) is 0 Å². The Labute approximate surface area is 109 Å². The lowest BCUT2D eigenvalue weighted by Crippen LogP contribution is -2.12. The lowest BCUT2D eigenvalue weighted by Gasteiger charge is -2.13. The molecule has 0 radical (unpaired) electrons. The molecule has 1 aromatic rings. The van der Waals surface area contributed by atoms with Crippen LogP contribution in [-0.2, 0) is 10.6 Å². The quantitative estimate of drug-likeness (QED) is 0.611. The van der Waals surface area contributed by atoms with Crippen molar-refractivity contribution < 1.29 is 23.0 Å². The number of esters is 1. The van der Waals surface area contributed by atoms with E-state index in [1.54, 1.807) is 19.9 Å². The fraction of sp³-hybridized carbons (Fsp3) is 0.417. The molecule has 100 valence electrons. The maximum absolute atomic E-state index is 12.3. The summed E-state index contributed by atoms with van der Waals surface area (Å²) in [5, 5.41) is 0. The Balaban J connectivity index is 3.23. The van der Waals surface area contributed by atoms with E-state index in [2.05, 4.69) is 4.74 Å². The van der Waals surface area contributed by atoms with Gasteiger partial charge in [0.15, 0.2) is 0 Å². The molecule has 0 aliphatic carbocycles. The maximum atomic E-state index is 12.3. The van der Waals surface area contributed by atoms with Crippen molar-refractivity contribution in [2.75, 3.05) is 6.61 Å². The Morgan fingerprint density at radius 2 is 2.11 bits per heavy atom. The molecule has 0 spiro atoms. The fourth-order valence-corrected chi connectivity index (χ4v) is 1.71. The largest absolute Gasteiger partial charge is 0.462 e. The fourth-order valence-electron chi connectivity index (χ4n) is 1.56. The molecule has 0 amide bonds. The Morgan fingerprint density at radius 1 is 1.44 bits per heavy atom. The highest BCUT2D eigenvalue weighted by Gasteiger charge is 2.20. The molecule has 1 aromatic carbocycles. The van der Waals surface area contributed by atoms with Crippen molar-refractivity contribution in [1.82, 2.24) is 0 Å². The van der Waals surface area contributed by atoms with E-state index >= 15 is 0 Å². The number of carbonyl (C=O) groups is 1. The van der Waals surface area contributed by atoms with Crippen molar-refractivity contribution in [1.29, 1.82) is 0 Å². The summed E-state index contributed by atoms with van der Waals surface area (Å²) in [7, 11) is 0. The van der Waals surface area contributed by atoms with Gasteiger partial charge in [-0.1, -0.05) is 6.07 Å². The topological polar surface area (TPSA) is 35.5 Å². The zero-order valence-corrected chi connectivity index (χ0v) is 10.8. The van der Waals surface area contributed by atoms with Crippen molar-refractivity contribution in [2.24, 2.45) is 0 Å². The summed E-state index contributed by atoms with van der Waals surface area (Å²) in [6.45, 7) is 0.390. The van der Waals surface area contributed by atoms with E-state index in [1.807, 2.05) is 0 Å². The van der Waals surface area contributed by atoms with Crippen LogP contribution in [0.15, 0.2) is 12.1 Å². The predicted octanol–water partition coefficient (Wildman–Crippen LogP) is 3.51. The third-order valence-electron chi connectivity index (χ3n) is 2.21. The summed E-state index contributed by atoms with van der Waals surface area (Å²) in [6, 6.07) is 2.95. The molecular weight excluding hydrogens is 266 g/mol. The number of alkyl halides is 3. The molecule has 0 heterocycles. The molecule has 0 fully saturated rings. The lowest BCUT2D eigenvalue weighted by atomic mass is 10.0. The van der Waals surface area contributed by atoms with Crippen molar-refractivity contribution in [2.45, 2.75) is 26.3 Å². The number of halogens is 3. The second kappa shape index (κ2) is 6.54. The highest BCUT2D eigenvalue weighted by atomic mass is 35.5. The van der Waals surface area contributed by atoms with Crippen LogP contribution in [0.2, 0.25) is 0 Å². The Morgan fingerprint density at radius 3 is 2.61 bits per heavy atom. The minimum Gasteiger partial charge on any atom is -0.462 e. The summed E-state index contributed by atoms with van der Waals surface area (Å²) in [5.41, 5.74) is 1.09. The van der Waals surface area contributed by atoms with Crippen LogP contribution in [0.1, 0.15) is 28.4 Å². The van der Waals surface area contributed by atoms with Gasteiger partial charge in [-0.3, -0.25) is 0 Å². The number of benzene rings is 1. The lowest BCUT2D eigenvalue weighted by molar-refractivity contribution is -0.0505. The van der Waals surface area contributed by atoms with Crippen LogP contribution in [0.4, 0.5) is 8.78 Å². The van der Waals surface area contributed by atoms with Gasteiger partial charge in [-0.05, 0) is 31.0 Å². The van der Waals surface area contributed by atoms with Crippen molar-refractivity contribution in [3.63, 3.8) is 0 Å². The SMILES string of the molecule is CCOC(=O)c1c(C)cc(CCl)cc1OC(F)F. The van der Waals surface area contributed by atoms with E-state index in [1.165, 1.54) is 6.07 Å². The van der Waals surface area contributed by atoms with Gasteiger partial charge in [0, 0.05) is 5.88 Å². The van der Waals surface area contributed by atoms with Crippen molar-refractivity contribution >= 4 is 17.6 Å². The highest BCUT2D eigenvalue weighted by molar-refractivity contribution is 6.17. The van der Waals surface area contributed by atoms with Gasteiger partial charge in [0.05, 0.1) is 6.61 Å². The minimum absolute atomic E-state index is 0.00557. The third kappa shape index (κ3) is 3.57. The molecule has 3 nitrogen and oxygen atoms in total. The van der Waals surface area contributed by atoms with Crippen LogP contribution in [0, 0.1) is 6.92 Å². The average molecular weight is 279 g/mol. The van der Waals surface area contributed by atoms with Crippen LogP contribution in [-0.4, -0.2) is 19.2 Å². The van der Waals surface area contributed by atoms with E-state index < -0.39 is 12.6 Å². The van der Waals surface area contributed by atoms with Crippen molar-refractivity contribution in [3.8, 4) is 5.75 Å². The van der Waals surface area contributed by atoms with Crippen LogP contribution >= 0.6 is 11.6 Å². The first-order valence-corrected chi connectivity index (χ1v) is 5.84. The minimum atomic E-state index is -3.01. The van der Waals surface area contributed by atoms with Gasteiger partial charge in [0.2, 0.25) is 0 Å². The van der Waals surface area contributed by atoms with Crippen molar-refractivity contribution in [3.05, 3.63) is 28.8 Å². The Hall–Kier alpha value is -1.36. The summed E-state index contributed by atoms with van der Waals surface area (Å²) >= 11 is 5.64. The smallest absolute Gasteiger partial charge is 0.387 e. The van der Waals surface area contributed by atoms with Crippen LogP contribution in [0.3, 0.4) is 0 Å². The molecule has 0 aliphatic rings. The molecule has 0 saturated heterocycles. The molecular formula is C12H13ClF2O3. The summed E-state index contributed by atoms with van der Waals surface area (Å²) in [4.78, 5) is 11.7. The van der Waals surface area contributed by atoms with Gasteiger partial charge in [-0.25, -0.2) is 4.79 Å². The van der Waals surface area contributed by atoms with Gasteiger partial charge in [-0.15, -0.1) is 11.6 Å². The van der Waals surface area contributed by atoms with Gasteiger partial charge in [-0.2, -0.15) is 8.78 Å². The number of hydrogen-bond acceptors (Lipinski definition) is 3. The standard InChI is InChI=1S/C12H13ClF2O3/c1-3-17-11(16)10-7(2)4-8(6-13)5-9(10)18-12(14)15/h4-5,12H,3,6H2,1-2H3. The zero-order valence-electron chi connectivity index (χ0n) is 10.0. The van der Waals surface area contributed by atoms with E-state index in [0.717, 1.165) is 0 Å². The Bertz CT molecular complexity index is 436. The maximum Gasteiger partial charge on any atom is 0.387 e. The molecule has 1 rings (SSSR count). The molecule has 0 aliphatic heterocycles. The summed E-state index contributed by atoms with van der Waals surface area (Å²) < 4.78 is 33.8. The molecule has 0 atom stereocenters. The number of rotatable bonds is 5. The zero-order chi connectivity index (χ0) is 13.7. The van der Waals surface area contributed by atoms with Crippen LogP contribution < -0.4 is 4.74 Å². The van der Waals surface area contributed by atoms with E-state index in [9.17, 15) is 13.6 Å². The molecule has 0 N–H and O–H groups in total. The first-order chi connectivity index (χ1) is 8.49. The van der Waals surface area contributed by atoms with Gasteiger partial charge < -0.3 is 9.47 Å². The molecule has 0 aromatic heterocycles. The number of hydrogen-bond donors (Lipinski definition) is 0. The average Bonchev–Trinajstić information content (AvgIpc) is 2.27. The van der Waals surface area contributed by atoms with Gasteiger partial charge in [0.1, 0.15) is 11.3 Å². The number of aryl methyl sites for hydroxylation is 1. The van der Waals surface area contributed by atoms with Crippen LogP contribution in [0.5, 0.6) is 5.75 Å². The normalized spacial score (nSPS) is 10.6. The Kier molecular flexibility index (Phi) is 5.34. The van der Waals surface area contributed by atoms with E-state index in [4.69, 9.17) is 16.3 Å². The second-order valence-electron chi connectivity index (χ2n) is 3.52. The summed E-state index contributed by atoms with van der Waals surface area (Å²) in [5.74, 6) is -0.755. The molecule has 0 saturated carbocycles. The third-order valence-corrected chi connectivity index (χ3v) is 2.52. The number of carbonyl (C=O) groups excluding carboxylic acids is 1. The summed E-state index contributed by atoms with van der Waals surface area (Å²) in [6.07, 6.45) is 0. The highest BCUT2D eigenvalue weighted by Crippen LogP contribution is 2.27. The molecule has 6 heteroatoms. The first-order valence-electron chi connectivity index (χ1n) is 5.31. The van der Waals surface area contributed by atoms with E-state index in [-0.39, 0.29) is 23.8 Å². The number of ether oxygens (including phenoxy) is 2.